The number of nitrogens with one attached hydrogen (secondary N) is 1. The lowest BCUT2D eigenvalue weighted by molar-refractivity contribution is 0.598. The lowest BCUT2D eigenvalue weighted by Gasteiger charge is -2.09. The third kappa shape index (κ3) is 3.79. The van der Waals surface area contributed by atoms with Gasteiger partial charge in [-0.05, 0) is 38.9 Å². The Morgan fingerprint density at radius 1 is 1.38 bits per heavy atom. The van der Waals surface area contributed by atoms with Crippen LogP contribution in [0.15, 0.2) is 12.1 Å². The van der Waals surface area contributed by atoms with E-state index in [1.165, 1.54) is 0 Å². The molecule has 0 amide bonds. The van der Waals surface area contributed by atoms with Gasteiger partial charge < -0.3 is 5.73 Å². The Morgan fingerprint density at radius 2 is 2.06 bits per heavy atom. The summed E-state index contributed by atoms with van der Waals surface area (Å²) in [5, 5.41) is 0. The van der Waals surface area contributed by atoms with E-state index in [9.17, 15) is 8.42 Å². The molecule has 0 bridgehead atoms. The van der Waals surface area contributed by atoms with Gasteiger partial charge in [-0.25, -0.2) is 8.42 Å². The van der Waals surface area contributed by atoms with E-state index >= 15 is 0 Å². The van der Waals surface area contributed by atoms with Crippen LogP contribution in [0.25, 0.3) is 0 Å². The van der Waals surface area contributed by atoms with Crippen molar-refractivity contribution >= 4 is 15.7 Å². The quantitative estimate of drug-likeness (QED) is 0.800. The predicted molar refractivity (Wildman–Crippen MR) is 64.8 cm³/mol. The van der Waals surface area contributed by atoms with Gasteiger partial charge in [-0.2, -0.15) is 0 Å². The van der Waals surface area contributed by atoms with Gasteiger partial charge in [-0.15, -0.1) is 0 Å². The monoisotopic (exact) mass is 243 g/mol. The smallest absolute Gasteiger partial charge is 0.232 e. The molecule has 0 aliphatic heterocycles. The minimum Gasteiger partial charge on any atom is -0.330 e. The number of sulfonamides is 1. The van der Waals surface area contributed by atoms with Gasteiger partial charge in [0.15, 0.2) is 0 Å². The highest BCUT2D eigenvalue weighted by atomic mass is 32.2. The summed E-state index contributed by atoms with van der Waals surface area (Å²) in [5.74, 6) is 0.0385. The van der Waals surface area contributed by atoms with Crippen LogP contribution in [0.3, 0.4) is 0 Å². The molecule has 1 heterocycles. The van der Waals surface area contributed by atoms with Gasteiger partial charge in [0.25, 0.3) is 0 Å². The van der Waals surface area contributed by atoms with E-state index in [-0.39, 0.29) is 5.75 Å². The lowest BCUT2D eigenvalue weighted by Crippen LogP contribution is -2.19. The standard InChI is InChI=1S/C10H17N3O2S/c1-8-4-5-10(9(2)12-8)13-16(14,15)7-3-6-11/h4-5,13H,3,6-7,11H2,1-2H3. The van der Waals surface area contributed by atoms with Crippen LogP contribution in [-0.2, 0) is 10.0 Å². The Bertz CT molecular complexity index is 457. The minimum atomic E-state index is -3.30. The molecular formula is C10H17N3O2S. The summed E-state index contributed by atoms with van der Waals surface area (Å²) >= 11 is 0. The molecular weight excluding hydrogens is 226 g/mol. The van der Waals surface area contributed by atoms with Gasteiger partial charge in [-0.3, -0.25) is 9.71 Å². The molecule has 6 heteroatoms. The molecule has 0 radical (unpaired) electrons. The van der Waals surface area contributed by atoms with Crippen LogP contribution in [0.4, 0.5) is 5.69 Å². The molecule has 1 rings (SSSR count). The third-order valence-corrected chi connectivity index (χ3v) is 3.46. The molecule has 0 saturated carbocycles. The Labute approximate surface area is 96.1 Å². The second-order valence-corrected chi connectivity index (χ2v) is 5.49. The zero-order chi connectivity index (χ0) is 12.2. The fourth-order valence-electron chi connectivity index (χ4n) is 1.29. The summed E-state index contributed by atoms with van der Waals surface area (Å²) in [7, 11) is -3.30. The second kappa shape index (κ2) is 5.27. The van der Waals surface area contributed by atoms with Gasteiger partial charge >= 0.3 is 0 Å². The first-order valence-corrected chi connectivity index (χ1v) is 6.74. The molecule has 0 saturated heterocycles. The van der Waals surface area contributed by atoms with E-state index in [0.29, 0.717) is 24.3 Å². The number of hydrogen-bond acceptors (Lipinski definition) is 4. The van der Waals surface area contributed by atoms with Crippen molar-refractivity contribution in [2.45, 2.75) is 20.3 Å². The predicted octanol–water partition coefficient (Wildman–Crippen LogP) is 0.789. The third-order valence-electron chi connectivity index (χ3n) is 2.11. The topological polar surface area (TPSA) is 85.1 Å². The van der Waals surface area contributed by atoms with Crippen LogP contribution in [0, 0.1) is 13.8 Å². The lowest BCUT2D eigenvalue weighted by atomic mass is 10.3. The fourth-order valence-corrected chi connectivity index (χ4v) is 2.49. The summed E-state index contributed by atoms with van der Waals surface area (Å²) in [6.45, 7) is 4.00. The summed E-state index contributed by atoms with van der Waals surface area (Å²) in [5.41, 5.74) is 7.34. The SMILES string of the molecule is Cc1ccc(NS(=O)(=O)CCCN)c(C)n1. The van der Waals surface area contributed by atoms with E-state index in [4.69, 9.17) is 5.73 Å². The molecule has 0 aliphatic rings. The van der Waals surface area contributed by atoms with Crippen molar-refractivity contribution in [1.82, 2.24) is 4.98 Å². The van der Waals surface area contributed by atoms with Crippen molar-refractivity contribution in [1.29, 1.82) is 0 Å². The molecule has 0 spiro atoms. The number of aromatic nitrogens is 1. The average Bonchev–Trinajstić information content (AvgIpc) is 2.19. The van der Waals surface area contributed by atoms with Crippen LogP contribution in [0.5, 0.6) is 0 Å². The Hall–Kier alpha value is -1.14. The highest BCUT2D eigenvalue weighted by Gasteiger charge is 2.11. The maximum Gasteiger partial charge on any atom is 0.232 e. The number of pyridine rings is 1. The molecule has 0 aliphatic carbocycles. The van der Waals surface area contributed by atoms with Gasteiger partial charge in [-0.1, -0.05) is 0 Å². The van der Waals surface area contributed by atoms with Crippen LogP contribution in [0.2, 0.25) is 0 Å². The minimum absolute atomic E-state index is 0.0385. The molecule has 3 N–H and O–H groups in total. The summed E-state index contributed by atoms with van der Waals surface area (Å²) in [4.78, 5) is 4.19. The maximum atomic E-state index is 11.6. The van der Waals surface area contributed by atoms with Gasteiger partial charge in [0.05, 0.1) is 17.1 Å². The first-order chi connectivity index (χ1) is 7.44. The number of nitrogens with two attached hydrogens (primary N) is 1. The molecule has 1 aromatic heterocycles. The zero-order valence-electron chi connectivity index (χ0n) is 9.53. The number of anilines is 1. The van der Waals surface area contributed by atoms with Gasteiger partial charge in [0.2, 0.25) is 10.0 Å². The van der Waals surface area contributed by atoms with Crippen LogP contribution in [0.1, 0.15) is 17.8 Å². The van der Waals surface area contributed by atoms with E-state index < -0.39 is 10.0 Å². The first-order valence-electron chi connectivity index (χ1n) is 5.09. The largest absolute Gasteiger partial charge is 0.330 e. The first kappa shape index (κ1) is 12.9. The Balaban J connectivity index is 2.80. The molecule has 0 aromatic carbocycles. The maximum absolute atomic E-state index is 11.6. The molecule has 1 aromatic rings. The van der Waals surface area contributed by atoms with Gasteiger partial charge in [0.1, 0.15) is 0 Å². The van der Waals surface area contributed by atoms with Crippen molar-refractivity contribution in [2.24, 2.45) is 5.73 Å². The number of rotatable bonds is 5. The molecule has 0 fully saturated rings. The molecule has 90 valence electrons. The summed E-state index contributed by atoms with van der Waals surface area (Å²) in [6.07, 6.45) is 0.452. The normalized spacial score (nSPS) is 11.4. The molecule has 0 unspecified atom stereocenters. The number of nitrogens with zero attached hydrogens (tertiary/aromatic N) is 1. The summed E-state index contributed by atoms with van der Waals surface area (Å²) < 4.78 is 25.7. The summed E-state index contributed by atoms with van der Waals surface area (Å²) in [6, 6.07) is 3.49. The van der Waals surface area contributed by atoms with Gasteiger partial charge in [0, 0.05) is 5.69 Å². The Kier molecular flexibility index (Phi) is 4.26. The van der Waals surface area contributed by atoms with E-state index in [0.717, 1.165) is 5.69 Å². The average molecular weight is 243 g/mol. The van der Waals surface area contributed by atoms with Crippen LogP contribution in [-0.4, -0.2) is 25.7 Å². The zero-order valence-corrected chi connectivity index (χ0v) is 10.3. The van der Waals surface area contributed by atoms with Crippen molar-refractivity contribution in [3.05, 3.63) is 23.5 Å². The molecule has 16 heavy (non-hydrogen) atoms. The second-order valence-electron chi connectivity index (χ2n) is 3.65. The molecule has 0 atom stereocenters. The van der Waals surface area contributed by atoms with Crippen molar-refractivity contribution in [2.75, 3.05) is 17.0 Å². The van der Waals surface area contributed by atoms with Crippen LogP contribution < -0.4 is 10.5 Å². The van der Waals surface area contributed by atoms with E-state index in [1.807, 2.05) is 6.92 Å². The number of hydrogen-bond donors (Lipinski definition) is 2. The van der Waals surface area contributed by atoms with E-state index in [1.54, 1.807) is 19.1 Å². The number of aryl methyl sites for hydroxylation is 2. The van der Waals surface area contributed by atoms with E-state index in [2.05, 4.69) is 9.71 Å². The van der Waals surface area contributed by atoms with Crippen molar-refractivity contribution < 1.29 is 8.42 Å². The fraction of sp³-hybridized carbons (Fsp3) is 0.500. The van der Waals surface area contributed by atoms with Crippen molar-refractivity contribution in [3.63, 3.8) is 0 Å². The molecule has 5 nitrogen and oxygen atoms in total. The Morgan fingerprint density at radius 3 is 2.62 bits per heavy atom. The highest BCUT2D eigenvalue weighted by Crippen LogP contribution is 2.14. The highest BCUT2D eigenvalue weighted by molar-refractivity contribution is 7.92. The van der Waals surface area contributed by atoms with Crippen molar-refractivity contribution in [3.8, 4) is 0 Å². The van der Waals surface area contributed by atoms with Crippen LogP contribution >= 0.6 is 0 Å².